The number of ether oxygens (including phenoxy) is 9. The Labute approximate surface area is 371 Å². The molecule has 0 aliphatic carbocycles. The van der Waals surface area contributed by atoms with Gasteiger partial charge in [-0.05, 0) is 0 Å². The second-order valence-corrected chi connectivity index (χ2v) is 16.4. The summed E-state index contributed by atoms with van der Waals surface area (Å²) in [5.74, 6) is -5.26. The highest BCUT2D eigenvalue weighted by Crippen LogP contribution is 2.39. The Morgan fingerprint density at radius 3 is 1.41 bits per heavy atom. The molecule has 5 rings (SSSR count). The molecule has 5 aliphatic heterocycles. The third kappa shape index (κ3) is 11.2. The molecule has 21 N–H and O–H groups in total. The zero-order chi connectivity index (χ0) is 49.3. The van der Waals surface area contributed by atoms with E-state index in [9.17, 15) is 112 Å². The normalized spacial score (nSPS) is 48.9. The summed E-state index contributed by atoms with van der Waals surface area (Å²) in [6.45, 7) is -5.76. The van der Waals surface area contributed by atoms with Crippen LogP contribution in [-0.4, -0.2) is 318 Å². The summed E-state index contributed by atoms with van der Waals surface area (Å²) in [5.41, 5.74) is 0. The first kappa shape index (κ1) is 55.2. The zero-order valence-corrected chi connectivity index (χ0v) is 34.3. The van der Waals surface area contributed by atoms with Crippen molar-refractivity contribution in [2.45, 2.75) is 178 Å². The third-order valence-corrected chi connectivity index (χ3v) is 11.9. The van der Waals surface area contributed by atoms with Crippen molar-refractivity contribution in [3.63, 3.8) is 0 Å². The van der Waals surface area contributed by atoms with Gasteiger partial charge in [-0.1, -0.05) is 0 Å². The first-order chi connectivity index (χ1) is 31.0. The van der Waals surface area contributed by atoms with E-state index < -0.39 is 217 Å². The minimum atomic E-state index is -3.20. The van der Waals surface area contributed by atoms with Crippen LogP contribution in [0.2, 0.25) is 0 Å². The molecule has 5 saturated heterocycles. The predicted octanol–water partition coefficient (Wildman–Crippen LogP) is -14.0. The molecule has 28 atom stereocenters. The lowest BCUT2D eigenvalue weighted by atomic mass is 9.91. The van der Waals surface area contributed by atoms with Crippen molar-refractivity contribution in [3.05, 3.63) is 0 Å². The summed E-state index contributed by atoms with van der Waals surface area (Å²) in [6.07, 6.45) is -60.3. The van der Waals surface area contributed by atoms with Crippen molar-refractivity contribution < 1.29 is 155 Å². The van der Waals surface area contributed by atoms with Gasteiger partial charge < -0.3 is 150 Å². The minimum Gasteiger partial charge on any atom is -0.477 e. The molecule has 31 nitrogen and oxygen atoms in total. The van der Waals surface area contributed by atoms with Crippen LogP contribution in [0.1, 0.15) is 6.42 Å². The van der Waals surface area contributed by atoms with Crippen LogP contribution >= 0.6 is 0 Å². The number of aliphatic hydroxyl groups is 20. The van der Waals surface area contributed by atoms with Crippen LogP contribution in [0.5, 0.6) is 0 Å². The largest absolute Gasteiger partial charge is 0.477 e. The maximum absolute atomic E-state index is 12.1. The van der Waals surface area contributed by atoms with Crippen LogP contribution in [0.25, 0.3) is 0 Å². The molecular formula is C35H60O31. The first-order valence-electron chi connectivity index (χ1n) is 20.4. The van der Waals surface area contributed by atoms with Gasteiger partial charge in [0.1, 0.15) is 134 Å². The number of carbonyl (C=O) groups is 1. The van der Waals surface area contributed by atoms with Gasteiger partial charge in [-0.3, -0.25) is 0 Å². The van der Waals surface area contributed by atoms with E-state index in [0.717, 1.165) is 0 Å². The molecule has 0 aromatic rings. The molecule has 31 heteroatoms. The van der Waals surface area contributed by atoms with Crippen LogP contribution in [-0.2, 0) is 47.4 Å². The molecule has 0 amide bonds. The van der Waals surface area contributed by atoms with E-state index in [0.29, 0.717) is 0 Å². The Kier molecular flexibility index (Phi) is 19.3. The Balaban J connectivity index is 1.60. The van der Waals surface area contributed by atoms with Crippen LogP contribution in [0.15, 0.2) is 0 Å². The summed E-state index contributed by atoms with van der Waals surface area (Å²) >= 11 is 0. The van der Waals surface area contributed by atoms with Gasteiger partial charge in [0.25, 0.3) is 5.79 Å². The summed E-state index contributed by atoms with van der Waals surface area (Å²) < 4.78 is 50.8. The highest BCUT2D eigenvalue weighted by Gasteiger charge is 2.60. The van der Waals surface area contributed by atoms with Gasteiger partial charge in [-0.25, -0.2) is 4.79 Å². The molecule has 66 heavy (non-hydrogen) atoms. The number of carboxylic acids is 1. The molecule has 0 saturated carbocycles. The molecule has 5 aliphatic rings. The van der Waals surface area contributed by atoms with Crippen molar-refractivity contribution in [1.82, 2.24) is 0 Å². The first-order valence-corrected chi connectivity index (χ1v) is 20.4. The summed E-state index contributed by atoms with van der Waals surface area (Å²) in [6, 6.07) is 0. The van der Waals surface area contributed by atoms with E-state index in [1.807, 2.05) is 0 Å². The minimum absolute atomic E-state index is 1.02. The highest BCUT2D eigenvalue weighted by molar-refractivity contribution is 5.75. The van der Waals surface area contributed by atoms with E-state index in [4.69, 9.17) is 42.6 Å². The quantitative estimate of drug-likeness (QED) is 0.0606. The summed E-state index contributed by atoms with van der Waals surface area (Å²) in [5, 5.41) is 221. The standard InChI is InChI=1S/C35H60O31/c36-2-8(42)22-16(49)15(48)20(53)31(59-22)64-28-18(51)17(50)23(9(43)3-37)60-33(28)63-27-21(54)32(61-24-7(41)1-35(57,34(55)56)66-26(24)11(45)5-39)62-25(10(44)4-38)29(27)65-30-19(52)14(47)13(46)12(6-40)58-30/h7-33,36-54,57H,1-6H2,(H,55,56)/t7-,8+,9+,10+,11-,12-,13-,14+,15+,16+,17+,18+,19-,20+,21+,22-,23-,24-,25-,26-,27-,28+,29-,30+,31-,32+,33-,35-/m1/s1. The van der Waals surface area contributed by atoms with Crippen molar-refractivity contribution >= 4 is 5.97 Å². The summed E-state index contributed by atoms with van der Waals surface area (Å²) in [4.78, 5) is 11.9. The molecule has 5 heterocycles. The maximum atomic E-state index is 12.1. The zero-order valence-electron chi connectivity index (χ0n) is 34.3. The molecule has 5 fully saturated rings. The van der Waals surface area contributed by atoms with Gasteiger partial charge in [-0.2, -0.15) is 0 Å². The Bertz CT molecular complexity index is 1520. The molecular weight excluding hydrogens is 916 g/mol. The fraction of sp³-hybridized carbons (Fsp3) is 0.971. The van der Waals surface area contributed by atoms with Gasteiger partial charge in [-0.15, -0.1) is 0 Å². The molecule has 0 bridgehead atoms. The number of carboxylic acid groups (broad SMARTS) is 1. The van der Waals surface area contributed by atoms with Crippen molar-refractivity contribution in [1.29, 1.82) is 0 Å². The number of rotatable bonds is 18. The van der Waals surface area contributed by atoms with Crippen LogP contribution < -0.4 is 0 Å². The third-order valence-electron chi connectivity index (χ3n) is 11.9. The lowest BCUT2D eigenvalue weighted by molar-refractivity contribution is -0.414. The Morgan fingerprint density at radius 2 is 0.879 bits per heavy atom. The molecule has 0 aromatic heterocycles. The molecule has 0 spiro atoms. The average Bonchev–Trinajstić information content (AvgIpc) is 3.29. The summed E-state index contributed by atoms with van der Waals surface area (Å²) in [7, 11) is 0. The molecule has 0 unspecified atom stereocenters. The van der Waals surface area contributed by atoms with Gasteiger partial charge in [0, 0.05) is 6.42 Å². The fourth-order valence-corrected chi connectivity index (χ4v) is 8.10. The number of aliphatic carboxylic acids is 1. The lowest BCUT2D eigenvalue weighted by Crippen LogP contribution is -2.70. The second-order valence-electron chi connectivity index (χ2n) is 16.4. The van der Waals surface area contributed by atoms with Crippen LogP contribution in [0.3, 0.4) is 0 Å². The van der Waals surface area contributed by atoms with Crippen molar-refractivity contribution in [3.8, 4) is 0 Å². The maximum Gasteiger partial charge on any atom is 0.364 e. The van der Waals surface area contributed by atoms with Gasteiger partial charge in [0.05, 0.1) is 39.1 Å². The van der Waals surface area contributed by atoms with E-state index >= 15 is 0 Å². The number of hydrogen-bond donors (Lipinski definition) is 21. The van der Waals surface area contributed by atoms with Gasteiger partial charge in [0.15, 0.2) is 25.2 Å². The highest BCUT2D eigenvalue weighted by atomic mass is 16.8. The van der Waals surface area contributed by atoms with E-state index in [1.54, 1.807) is 0 Å². The van der Waals surface area contributed by atoms with Crippen molar-refractivity contribution in [2.24, 2.45) is 0 Å². The number of aliphatic hydroxyl groups excluding tert-OH is 19. The Hall–Kier alpha value is -1.69. The monoisotopic (exact) mass is 976 g/mol. The average molecular weight is 977 g/mol. The van der Waals surface area contributed by atoms with Crippen molar-refractivity contribution in [2.75, 3.05) is 33.0 Å². The smallest absolute Gasteiger partial charge is 0.364 e. The van der Waals surface area contributed by atoms with Gasteiger partial charge >= 0.3 is 5.97 Å². The SMILES string of the molecule is O=C(O)[C@@]1(O)C[C@@H](O)[C@@H](O[C@H]2O[C@H]([C@@H](O)CO)[C@@H](O[C@@H]3O[C@H](CO)[C@@H](O)[C@H](O)[C@H]3O)[C@H](O[C@H]3O[C@H]([C@@H](O)CO)[C@@H](O)[C@H](O)[C@@H]3O[C@H]3O[C@H]([C@@H](O)CO)[C@@H](O)[C@H](O)[C@@H]3O)[C@@H]2O)[C@@H]([C@H](O)CO)O1. The van der Waals surface area contributed by atoms with E-state index in [-0.39, 0.29) is 0 Å². The fourth-order valence-electron chi connectivity index (χ4n) is 8.10. The number of hydrogen-bond acceptors (Lipinski definition) is 30. The van der Waals surface area contributed by atoms with E-state index in [1.165, 1.54) is 0 Å². The van der Waals surface area contributed by atoms with Crippen LogP contribution in [0.4, 0.5) is 0 Å². The van der Waals surface area contributed by atoms with Crippen LogP contribution in [0, 0.1) is 0 Å². The topological polar surface area (TPSA) is 525 Å². The molecule has 0 radical (unpaired) electrons. The second kappa shape index (κ2) is 23.0. The van der Waals surface area contributed by atoms with Gasteiger partial charge in [0.2, 0.25) is 0 Å². The lowest BCUT2D eigenvalue weighted by Gasteiger charge is -2.52. The molecule has 0 aromatic carbocycles. The van der Waals surface area contributed by atoms with E-state index in [2.05, 4.69) is 0 Å². The Morgan fingerprint density at radius 1 is 0.470 bits per heavy atom. The molecule has 386 valence electrons. The predicted molar refractivity (Wildman–Crippen MR) is 196 cm³/mol.